The molecule has 0 bridgehead atoms. The van der Waals surface area contributed by atoms with Crippen LogP contribution in [0.2, 0.25) is 5.02 Å². The van der Waals surface area contributed by atoms with E-state index in [-0.39, 0.29) is 5.91 Å². The van der Waals surface area contributed by atoms with E-state index in [0.29, 0.717) is 23.9 Å². The Hall–Kier alpha value is -2.24. The second-order valence-corrected chi connectivity index (χ2v) is 5.99. The van der Waals surface area contributed by atoms with Gasteiger partial charge in [-0.1, -0.05) is 23.7 Å². The summed E-state index contributed by atoms with van der Waals surface area (Å²) in [6, 6.07) is 14.7. The molecule has 134 valence electrons. The number of hydrogen-bond donors (Lipinski definition) is 2. The van der Waals surface area contributed by atoms with Gasteiger partial charge in [-0.2, -0.15) is 0 Å². The van der Waals surface area contributed by atoms with Crippen LogP contribution < -0.4 is 19.7 Å². The Morgan fingerprint density at radius 2 is 1.88 bits per heavy atom. The third-order valence-electron chi connectivity index (χ3n) is 3.83. The van der Waals surface area contributed by atoms with E-state index in [1.165, 1.54) is 0 Å². The molecule has 0 saturated heterocycles. The number of hydrogen-bond acceptors (Lipinski definition) is 3. The van der Waals surface area contributed by atoms with Crippen LogP contribution in [0, 0.1) is 0 Å². The number of carbonyl (C=O) groups is 1. The third kappa shape index (κ3) is 6.29. The third-order valence-corrected chi connectivity index (χ3v) is 4.15. The van der Waals surface area contributed by atoms with Crippen LogP contribution in [0.25, 0.3) is 0 Å². The van der Waals surface area contributed by atoms with Crippen molar-refractivity contribution in [1.82, 2.24) is 0 Å². The van der Waals surface area contributed by atoms with Crippen molar-refractivity contribution in [3.05, 3.63) is 53.6 Å². The lowest BCUT2D eigenvalue weighted by molar-refractivity contribution is -0.889. The Balaban J connectivity index is 1.78. The number of methoxy groups -OCH3 is 1. The molecule has 2 N–H and O–H groups in total. The standard InChI is InChI=1S/C19H23ClN2O3/c1-3-22(12-13-25-18-7-5-4-6-17(18)20)14-19(23)21-15-8-10-16(24-2)11-9-15/h4-11H,3,12-14H2,1-2H3,(H,21,23)/p+1. The van der Waals surface area contributed by atoms with Crippen molar-refractivity contribution in [3.63, 3.8) is 0 Å². The Morgan fingerprint density at radius 3 is 2.52 bits per heavy atom. The second kappa shape index (κ2) is 9.91. The average molecular weight is 364 g/mol. The SMILES string of the molecule is CC[NH+](CCOc1ccccc1Cl)CC(=O)Nc1ccc(OC)cc1. The van der Waals surface area contributed by atoms with Crippen molar-refractivity contribution in [2.24, 2.45) is 0 Å². The highest BCUT2D eigenvalue weighted by Gasteiger charge is 2.13. The lowest BCUT2D eigenvalue weighted by Crippen LogP contribution is -3.13. The summed E-state index contributed by atoms with van der Waals surface area (Å²) < 4.78 is 10.8. The number of anilines is 1. The van der Waals surface area contributed by atoms with Gasteiger partial charge in [-0.3, -0.25) is 4.79 Å². The molecule has 0 aromatic heterocycles. The number of benzene rings is 2. The van der Waals surface area contributed by atoms with Gasteiger partial charge < -0.3 is 19.7 Å². The molecule has 0 aliphatic carbocycles. The Labute approximate surface area is 153 Å². The molecule has 1 amide bonds. The predicted octanol–water partition coefficient (Wildman–Crippen LogP) is 2.27. The van der Waals surface area contributed by atoms with E-state index in [4.69, 9.17) is 21.1 Å². The van der Waals surface area contributed by atoms with Crippen LogP contribution in [0.4, 0.5) is 5.69 Å². The highest BCUT2D eigenvalue weighted by Crippen LogP contribution is 2.22. The Kier molecular flexibility index (Phi) is 7.57. The number of nitrogens with one attached hydrogen (secondary N) is 2. The predicted molar refractivity (Wildman–Crippen MR) is 99.8 cm³/mol. The van der Waals surface area contributed by atoms with Crippen LogP contribution in [0.5, 0.6) is 11.5 Å². The van der Waals surface area contributed by atoms with Crippen LogP contribution in [-0.2, 0) is 4.79 Å². The quantitative estimate of drug-likeness (QED) is 0.718. The van der Waals surface area contributed by atoms with Crippen LogP contribution in [0.15, 0.2) is 48.5 Å². The van der Waals surface area contributed by atoms with Crippen molar-refractivity contribution in [2.45, 2.75) is 6.92 Å². The van der Waals surface area contributed by atoms with Crippen LogP contribution in [0.1, 0.15) is 6.92 Å². The van der Waals surface area contributed by atoms with Gasteiger partial charge in [-0.25, -0.2) is 0 Å². The first-order chi connectivity index (χ1) is 12.1. The molecule has 0 aliphatic rings. The number of halogens is 1. The summed E-state index contributed by atoms with van der Waals surface area (Å²) in [6.07, 6.45) is 0. The fraction of sp³-hybridized carbons (Fsp3) is 0.316. The van der Waals surface area contributed by atoms with Gasteiger partial charge in [-0.05, 0) is 43.3 Å². The zero-order valence-corrected chi connectivity index (χ0v) is 15.3. The number of rotatable bonds is 9. The molecule has 0 radical (unpaired) electrons. The first-order valence-corrected chi connectivity index (χ1v) is 8.65. The zero-order chi connectivity index (χ0) is 18.1. The summed E-state index contributed by atoms with van der Waals surface area (Å²) in [6.45, 7) is 4.49. The molecule has 0 aliphatic heterocycles. The maximum Gasteiger partial charge on any atom is 0.279 e. The average Bonchev–Trinajstić information content (AvgIpc) is 2.63. The fourth-order valence-corrected chi connectivity index (χ4v) is 2.55. The molecule has 0 saturated carbocycles. The van der Waals surface area contributed by atoms with E-state index < -0.39 is 0 Å². The second-order valence-electron chi connectivity index (χ2n) is 5.59. The minimum atomic E-state index is -0.0280. The maximum absolute atomic E-state index is 12.2. The zero-order valence-electron chi connectivity index (χ0n) is 14.5. The number of para-hydroxylation sites is 1. The number of amides is 1. The van der Waals surface area contributed by atoms with Gasteiger partial charge in [0.25, 0.3) is 5.91 Å². The summed E-state index contributed by atoms with van der Waals surface area (Å²) in [4.78, 5) is 13.3. The fourth-order valence-electron chi connectivity index (χ4n) is 2.36. The number of likely N-dealkylation sites (N-methyl/N-ethyl adjacent to an activating group) is 1. The van der Waals surface area contributed by atoms with E-state index in [1.54, 1.807) is 13.2 Å². The molecular formula is C19H24ClN2O3+. The van der Waals surface area contributed by atoms with E-state index >= 15 is 0 Å². The normalized spacial score (nSPS) is 11.6. The highest BCUT2D eigenvalue weighted by atomic mass is 35.5. The van der Waals surface area contributed by atoms with E-state index in [0.717, 1.165) is 29.4 Å². The number of quaternary nitrogens is 1. The lowest BCUT2D eigenvalue weighted by Gasteiger charge is -2.18. The van der Waals surface area contributed by atoms with Crippen molar-refractivity contribution < 1.29 is 19.2 Å². The van der Waals surface area contributed by atoms with Crippen molar-refractivity contribution in [2.75, 3.05) is 38.7 Å². The van der Waals surface area contributed by atoms with Gasteiger partial charge in [0.05, 0.1) is 18.7 Å². The van der Waals surface area contributed by atoms with E-state index in [9.17, 15) is 4.79 Å². The maximum atomic E-state index is 12.2. The smallest absolute Gasteiger partial charge is 0.279 e. The Morgan fingerprint density at radius 1 is 1.16 bits per heavy atom. The first kappa shape index (κ1) is 19.1. The lowest BCUT2D eigenvalue weighted by atomic mass is 10.3. The molecule has 2 aromatic carbocycles. The Bertz CT molecular complexity index is 677. The molecule has 1 atom stereocenters. The van der Waals surface area contributed by atoms with Gasteiger partial charge in [0, 0.05) is 5.69 Å². The highest BCUT2D eigenvalue weighted by molar-refractivity contribution is 6.32. The summed E-state index contributed by atoms with van der Waals surface area (Å²) in [5, 5.41) is 3.49. The molecule has 25 heavy (non-hydrogen) atoms. The topological polar surface area (TPSA) is 52.0 Å². The molecule has 6 heteroatoms. The van der Waals surface area contributed by atoms with E-state index in [1.807, 2.05) is 49.4 Å². The molecular weight excluding hydrogens is 340 g/mol. The van der Waals surface area contributed by atoms with Crippen LogP contribution in [0.3, 0.4) is 0 Å². The summed E-state index contributed by atoms with van der Waals surface area (Å²) in [5.41, 5.74) is 0.758. The molecule has 1 unspecified atom stereocenters. The van der Waals surface area contributed by atoms with Crippen molar-refractivity contribution in [3.8, 4) is 11.5 Å². The molecule has 0 fully saturated rings. The van der Waals surface area contributed by atoms with Crippen molar-refractivity contribution >= 4 is 23.2 Å². The van der Waals surface area contributed by atoms with Gasteiger partial charge in [-0.15, -0.1) is 0 Å². The number of ether oxygens (including phenoxy) is 2. The molecule has 2 rings (SSSR count). The molecule has 0 spiro atoms. The van der Waals surface area contributed by atoms with E-state index in [2.05, 4.69) is 5.32 Å². The van der Waals surface area contributed by atoms with Gasteiger partial charge in [0.1, 0.15) is 24.7 Å². The molecule has 0 heterocycles. The minimum absolute atomic E-state index is 0.0280. The molecule has 5 nitrogen and oxygen atoms in total. The summed E-state index contributed by atoms with van der Waals surface area (Å²) >= 11 is 6.06. The summed E-state index contributed by atoms with van der Waals surface area (Å²) in [5.74, 6) is 1.40. The van der Waals surface area contributed by atoms with Crippen LogP contribution >= 0.6 is 11.6 Å². The first-order valence-electron chi connectivity index (χ1n) is 8.27. The monoisotopic (exact) mass is 363 g/mol. The van der Waals surface area contributed by atoms with Gasteiger partial charge in [0.2, 0.25) is 0 Å². The summed E-state index contributed by atoms with van der Waals surface area (Å²) in [7, 11) is 1.61. The van der Waals surface area contributed by atoms with Crippen LogP contribution in [-0.4, -0.2) is 39.3 Å². The van der Waals surface area contributed by atoms with Gasteiger partial charge in [0.15, 0.2) is 6.54 Å². The molecule has 2 aromatic rings. The minimum Gasteiger partial charge on any atom is -0.497 e. The largest absolute Gasteiger partial charge is 0.497 e. The van der Waals surface area contributed by atoms with Crippen molar-refractivity contribution in [1.29, 1.82) is 0 Å². The van der Waals surface area contributed by atoms with Gasteiger partial charge >= 0.3 is 0 Å². The number of carbonyl (C=O) groups excluding carboxylic acids is 1.